The Morgan fingerprint density at radius 2 is 2.09 bits per heavy atom. The van der Waals surface area contributed by atoms with E-state index in [9.17, 15) is 9.59 Å². The van der Waals surface area contributed by atoms with Gasteiger partial charge >= 0.3 is 0 Å². The van der Waals surface area contributed by atoms with Gasteiger partial charge in [0.05, 0.1) is 25.5 Å². The molecule has 7 heteroatoms. The summed E-state index contributed by atoms with van der Waals surface area (Å²) in [5, 5.41) is 4.40. The van der Waals surface area contributed by atoms with Crippen molar-refractivity contribution in [2.75, 3.05) is 31.2 Å². The minimum atomic E-state index is -0.458. The summed E-state index contributed by atoms with van der Waals surface area (Å²) < 4.78 is 7.13. The fraction of sp³-hybridized carbons (Fsp3) is 0.667. The van der Waals surface area contributed by atoms with Crippen LogP contribution in [0.3, 0.4) is 0 Å². The van der Waals surface area contributed by atoms with Crippen molar-refractivity contribution in [3.05, 3.63) is 11.8 Å². The van der Waals surface area contributed by atoms with E-state index in [-0.39, 0.29) is 11.8 Å². The molecule has 0 bridgehead atoms. The Morgan fingerprint density at radius 1 is 1.36 bits per heavy atom. The average molecular weight is 306 g/mol. The van der Waals surface area contributed by atoms with Crippen LogP contribution in [-0.2, 0) is 20.9 Å². The minimum absolute atomic E-state index is 0.000796. The van der Waals surface area contributed by atoms with E-state index < -0.39 is 6.04 Å². The van der Waals surface area contributed by atoms with Crippen LogP contribution in [0.25, 0.3) is 0 Å². The van der Waals surface area contributed by atoms with E-state index in [1.807, 2.05) is 24.6 Å². The van der Waals surface area contributed by atoms with Crippen molar-refractivity contribution in [3.63, 3.8) is 0 Å². The van der Waals surface area contributed by atoms with E-state index in [0.29, 0.717) is 45.7 Å². The SMILES string of the molecule is CCC(C(=O)N1CCOCC1)N1C(=O)CCn2nc(C)cc21. The number of carbonyl (C=O) groups is 2. The minimum Gasteiger partial charge on any atom is -0.378 e. The quantitative estimate of drug-likeness (QED) is 0.818. The molecule has 0 aliphatic carbocycles. The summed E-state index contributed by atoms with van der Waals surface area (Å²) in [6.45, 7) is 6.74. The molecular formula is C15H22N4O3. The molecule has 1 fully saturated rings. The molecule has 3 rings (SSSR count). The highest BCUT2D eigenvalue weighted by molar-refractivity contribution is 6.01. The van der Waals surface area contributed by atoms with Crippen LogP contribution >= 0.6 is 0 Å². The summed E-state index contributed by atoms with van der Waals surface area (Å²) in [5.74, 6) is 0.745. The predicted octanol–water partition coefficient (Wildman–Crippen LogP) is 0.566. The van der Waals surface area contributed by atoms with Crippen LogP contribution in [-0.4, -0.2) is 58.8 Å². The Bertz CT molecular complexity index is 577. The molecule has 0 radical (unpaired) electrons. The molecule has 1 unspecified atom stereocenters. The summed E-state index contributed by atoms with van der Waals surface area (Å²) in [4.78, 5) is 28.7. The molecule has 1 aromatic rings. The number of aromatic nitrogens is 2. The summed E-state index contributed by atoms with van der Waals surface area (Å²) >= 11 is 0. The van der Waals surface area contributed by atoms with Gasteiger partial charge in [-0.2, -0.15) is 5.10 Å². The number of aryl methyl sites for hydroxylation is 2. The number of ether oxygens (including phenoxy) is 1. The van der Waals surface area contributed by atoms with E-state index in [1.54, 1.807) is 9.80 Å². The Balaban J connectivity index is 1.88. The van der Waals surface area contributed by atoms with Crippen molar-refractivity contribution in [1.82, 2.24) is 14.7 Å². The number of rotatable bonds is 3. The predicted molar refractivity (Wildman–Crippen MR) is 80.5 cm³/mol. The van der Waals surface area contributed by atoms with E-state index >= 15 is 0 Å². The van der Waals surface area contributed by atoms with Gasteiger partial charge in [0.15, 0.2) is 0 Å². The van der Waals surface area contributed by atoms with Crippen molar-refractivity contribution in [3.8, 4) is 0 Å². The first-order valence-electron chi connectivity index (χ1n) is 7.85. The van der Waals surface area contributed by atoms with Crippen LogP contribution in [0.4, 0.5) is 5.82 Å². The average Bonchev–Trinajstić information content (AvgIpc) is 2.91. The molecule has 1 atom stereocenters. The van der Waals surface area contributed by atoms with Crippen molar-refractivity contribution >= 4 is 17.6 Å². The van der Waals surface area contributed by atoms with Gasteiger partial charge < -0.3 is 9.64 Å². The van der Waals surface area contributed by atoms with Gasteiger partial charge in [-0.3, -0.25) is 14.5 Å². The maximum absolute atomic E-state index is 12.8. The number of anilines is 1. The smallest absolute Gasteiger partial charge is 0.245 e. The third-order valence-electron chi connectivity index (χ3n) is 4.24. The topological polar surface area (TPSA) is 67.7 Å². The molecule has 120 valence electrons. The van der Waals surface area contributed by atoms with Gasteiger partial charge in [-0.25, -0.2) is 4.68 Å². The Kier molecular flexibility index (Phi) is 4.15. The molecule has 0 aromatic carbocycles. The van der Waals surface area contributed by atoms with E-state index in [2.05, 4.69) is 5.10 Å². The number of fused-ring (bicyclic) bond motifs is 1. The molecule has 1 saturated heterocycles. The van der Waals surface area contributed by atoms with Crippen LogP contribution in [0.1, 0.15) is 25.5 Å². The van der Waals surface area contributed by atoms with Crippen molar-refractivity contribution in [2.24, 2.45) is 0 Å². The number of hydrogen-bond donors (Lipinski definition) is 0. The highest BCUT2D eigenvalue weighted by atomic mass is 16.5. The molecule has 1 aromatic heterocycles. The van der Waals surface area contributed by atoms with Gasteiger partial charge in [0.1, 0.15) is 11.9 Å². The number of nitrogens with zero attached hydrogens (tertiary/aromatic N) is 4. The normalized spacial score (nSPS) is 20.0. The highest BCUT2D eigenvalue weighted by Gasteiger charge is 2.37. The van der Waals surface area contributed by atoms with Crippen LogP contribution in [0.5, 0.6) is 0 Å². The summed E-state index contributed by atoms with van der Waals surface area (Å²) in [6, 6.07) is 1.42. The van der Waals surface area contributed by atoms with Crippen LogP contribution in [0, 0.1) is 6.92 Å². The molecule has 0 spiro atoms. The first-order chi connectivity index (χ1) is 10.6. The van der Waals surface area contributed by atoms with Crippen molar-refractivity contribution < 1.29 is 14.3 Å². The molecule has 2 amide bonds. The Labute approximate surface area is 129 Å². The van der Waals surface area contributed by atoms with Crippen molar-refractivity contribution in [1.29, 1.82) is 0 Å². The van der Waals surface area contributed by atoms with Crippen LogP contribution < -0.4 is 4.90 Å². The molecule has 3 heterocycles. The second kappa shape index (κ2) is 6.08. The molecule has 2 aliphatic heterocycles. The van der Waals surface area contributed by atoms with Gasteiger partial charge in [-0.1, -0.05) is 6.92 Å². The zero-order valence-electron chi connectivity index (χ0n) is 13.1. The van der Waals surface area contributed by atoms with Crippen LogP contribution in [0.2, 0.25) is 0 Å². The Morgan fingerprint density at radius 3 is 2.77 bits per heavy atom. The zero-order valence-corrected chi connectivity index (χ0v) is 13.1. The van der Waals surface area contributed by atoms with Gasteiger partial charge in [0.2, 0.25) is 11.8 Å². The first kappa shape index (κ1) is 15.0. The maximum atomic E-state index is 12.8. The van der Waals surface area contributed by atoms with Crippen molar-refractivity contribution in [2.45, 2.75) is 39.3 Å². The zero-order chi connectivity index (χ0) is 15.7. The monoisotopic (exact) mass is 306 g/mol. The fourth-order valence-corrected chi connectivity index (χ4v) is 3.14. The Hall–Kier alpha value is -1.89. The standard InChI is InChI=1S/C15H22N4O3/c1-3-12(15(21)17-6-8-22-9-7-17)19-13-10-11(2)16-18(13)5-4-14(19)20/h10,12H,3-9H2,1-2H3. The molecule has 2 aliphatic rings. The third-order valence-corrected chi connectivity index (χ3v) is 4.24. The van der Waals surface area contributed by atoms with Crippen LogP contribution in [0.15, 0.2) is 6.07 Å². The van der Waals surface area contributed by atoms with E-state index in [4.69, 9.17) is 4.74 Å². The third kappa shape index (κ3) is 2.61. The van der Waals surface area contributed by atoms with Gasteiger partial charge in [0, 0.05) is 25.6 Å². The largest absolute Gasteiger partial charge is 0.378 e. The molecular weight excluding hydrogens is 284 g/mol. The summed E-state index contributed by atoms with van der Waals surface area (Å²) in [6.07, 6.45) is 0.979. The van der Waals surface area contributed by atoms with Gasteiger partial charge in [0.25, 0.3) is 0 Å². The highest BCUT2D eigenvalue weighted by Crippen LogP contribution is 2.26. The first-order valence-corrected chi connectivity index (χ1v) is 7.85. The molecule has 0 saturated carbocycles. The summed E-state index contributed by atoms with van der Waals surface area (Å²) in [7, 11) is 0. The number of hydrogen-bond acceptors (Lipinski definition) is 4. The van der Waals surface area contributed by atoms with E-state index in [1.165, 1.54) is 0 Å². The molecule has 0 N–H and O–H groups in total. The van der Waals surface area contributed by atoms with E-state index in [0.717, 1.165) is 11.5 Å². The number of morpholine rings is 1. The molecule has 7 nitrogen and oxygen atoms in total. The lowest BCUT2D eigenvalue weighted by Crippen LogP contribution is -2.55. The molecule has 22 heavy (non-hydrogen) atoms. The van der Waals surface area contributed by atoms with Gasteiger partial charge in [-0.15, -0.1) is 0 Å². The number of amides is 2. The van der Waals surface area contributed by atoms with Gasteiger partial charge in [-0.05, 0) is 13.3 Å². The lowest BCUT2D eigenvalue weighted by atomic mass is 10.1. The fourth-order valence-electron chi connectivity index (χ4n) is 3.14. The maximum Gasteiger partial charge on any atom is 0.245 e. The lowest BCUT2D eigenvalue weighted by Gasteiger charge is -2.37. The summed E-state index contributed by atoms with van der Waals surface area (Å²) in [5.41, 5.74) is 0.864. The number of carbonyl (C=O) groups excluding carboxylic acids is 2. The second-order valence-electron chi connectivity index (χ2n) is 5.74. The lowest BCUT2D eigenvalue weighted by molar-refractivity contribution is -0.138. The second-order valence-corrected chi connectivity index (χ2v) is 5.74.